The van der Waals surface area contributed by atoms with Gasteiger partial charge in [-0.2, -0.15) is 0 Å². The maximum Gasteiger partial charge on any atom is 0.257 e. The van der Waals surface area contributed by atoms with Gasteiger partial charge in [0.1, 0.15) is 5.75 Å². The molecule has 1 amide bonds. The van der Waals surface area contributed by atoms with Crippen molar-refractivity contribution in [2.75, 3.05) is 20.2 Å². The van der Waals surface area contributed by atoms with E-state index in [-0.39, 0.29) is 11.3 Å². The topological polar surface area (TPSA) is 49.8 Å². The number of hydrogen-bond donors (Lipinski definition) is 1. The second-order valence-corrected chi connectivity index (χ2v) is 7.49. The summed E-state index contributed by atoms with van der Waals surface area (Å²) in [7, 11) is 1.61. The highest BCUT2D eigenvalue weighted by molar-refractivity contribution is 5.97. The zero-order valence-corrected chi connectivity index (χ0v) is 13.9. The standard InChI is InChI=1S/C18H25NO3/c1-17(2)10-19(11-18(17,3)21)16(20)14-8-12-6-5-7-13(12)9-15(14)22-4/h8-9,21H,5-7,10-11H2,1-4H3/t18-/m1/s1. The minimum Gasteiger partial charge on any atom is -0.496 e. The summed E-state index contributed by atoms with van der Waals surface area (Å²) in [5.74, 6) is 0.604. The third-order valence-corrected chi connectivity index (χ3v) is 5.47. The van der Waals surface area contributed by atoms with Gasteiger partial charge in [0, 0.05) is 12.0 Å². The van der Waals surface area contributed by atoms with Crippen molar-refractivity contribution in [1.82, 2.24) is 4.90 Å². The van der Waals surface area contributed by atoms with E-state index in [9.17, 15) is 9.90 Å². The number of hydrogen-bond acceptors (Lipinski definition) is 3. The third-order valence-electron chi connectivity index (χ3n) is 5.47. The van der Waals surface area contributed by atoms with Crippen LogP contribution in [0.2, 0.25) is 0 Å². The van der Waals surface area contributed by atoms with Gasteiger partial charge in [-0.15, -0.1) is 0 Å². The number of aliphatic hydroxyl groups is 1. The van der Waals surface area contributed by atoms with Crippen molar-refractivity contribution < 1.29 is 14.6 Å². The molecule has 22 heavy (non-hydrogen) atoms. The lowest BCUT2D eigenvalue weighted by atomic mass is 9.79. The summed E-state index contributed by atoms with van der Waals surface area (Å²) < 4.78 is 5.45. The van der Waals surface area contributed by atoms with Crippen LogP contribution in [0.5, 0.6) is 5.75 Å². The van der Waals surface area contributed by atoms with E-state index in [1.807, 2.05) is 26.0 Å². The Morgan fingerprint density at radius 2 is 1.82 bits per heavy atom. The molecule has 2 aliphatic rings. The number of nitrogens with zero attached hydrogens (tertiary/aromatic N) is 1. The molecule has 4 heteroatoms. The van der Waals surface area contributed by atoms with Crippen LogP contribution >= 0.6 is 0 Å². The van der Waals surface area contributed by atoms with Crippen molar-refractivity contribution in [2.24, 2.45) is 5.41 Å². The summed E-state index contributed by atoms with van der Waals surface area (Å²) in [5.41, 5.74) is 1.99. The first-order chi connectivity index (χ1) is 10.2. The lowest BCUT2D eigenvalue weighted by molar-refractivity contribution is -0.0108. The molecule has 1 N–H and O–H groups in total. The highest BCUT2D eigenvalue weighted by atomic mass is 16.5. The molecule has 0 aromatic heterocycles. The van der Waals surface area contributed by atoms with Crippen molar-refractivity contribution in [3.8, 4) is 5.75 Å². The Morgan fingerprint density at radius 3 is 2.36 bits per heavy atom. The average Bonchev–Trinajstić information content (AvgIpc) is 2.98. The van der Waals surface area contributed by atoms with Gasteiger partial charge in [0.15, 0.2) is 0 Å². The number of β-amino-alcohol motifs (C(OH)–C–C–N with tert-alkyl or cyclic N) is 1. The van der Waals surface area contributed by atoms with E-state index in [2.05, 4.69) is 0 Å². The Morgan fingerprint density at radius 1 is 1.18 bits per heavy atom. The molecule has 1 aromatic rings. The molecule has 1 aliphatic heterocycles. The number of benzene rings is 1. The van der Waals surface area contributed by atoms with E-state index in [1.54, 1.807) is 18.9 Å². The van der Waals surface area contributed by atoms with Crippen LogP contribution in [0.1, 0.15) is 48.7 Å². The van der Waals surface area contributed by atoms with Crippen LogP contribution in [0, 0.1) is 5.41 Å². The number of rotatable bonds is 2. The predicted molar refractivity (Wildman–Crippen MR) is 85.3 cm³/mol. The Bertz CT molecular complexity index is 603. The number of ether oxygens (including phenoxy) is 1. The van der Waals surface area contributed by atoms with Gasteiger partial charge in [-0.25, -0.2) is 0 Å². The first-order valence-corrected chi connectivity index (χ1v) is 7.97. The molecule has 0 spiro atoms. The molecule has 1 saturated heterocycles. The molecule has 0 bridgehead atoms. The van der Waals surface area contributed by atoms with Gasteiger partial charge < -0.3 is 14.7 Å². The number of carbonyl (C=O) groups excluding carboxylic acids is 1. The molecule has 120 valence electrons. The maximum absolute atomic E-state index is 12.9. The largest absolute Gasteiger partial charge is 0.496 e. The normalized spacial score (nSPS) is 26.1. The maximum atomic E-state index is 12.9. The van der Waals surface area contributed by atoms with Gasteiger partial charge in [-0.1, -0.05) is 13.8 Å². The van der Waals surface area contributed by atoms with Crippen LogP contribution in [-0.4, -0.2) is 41.7 Å². The van der Waals surface area contributed by atoms with Crippen LogP contribution in [0.15, 0.2) is 12.1 Å². The smallest absolute Gasteiger partial charge is 0.257 e. The SMILES string of the molecule is COc1cc2c(cc1C(=O)N1CC(C)(C)[C@](C)(O)C1)CCC2. The summed E-state index contributed by atoms with van der Waals surface area (Å²) in [5, 5.41) is 10.5. The molecule has 1 aliphatic carbocycles. The molecule has 0 radical (unpaired) electrons. The van der Waals surface area contributed by atoms with E-state index in [0.29, 0.717) is 24.4 Å². The number of fused-ring (bicyclic) bond motifs is 1. The summed E-state index contributed by atoms with van der Waals surface area (Å²) >= 11 is 0. The van der Waals surface area contributed by atoms with Gasteiger partial charge in [0.05, 0.1) is 24.8 Å². The van der Waals surface area contributed by atoms with Gasteiger partial charge in [-0.3, -0.25) is 4.79 Å². The summed E-state index contributed by atoms with van der Waals surface area (Å²) in [4.78, 5) is 14.7. The zero-order chi connectivity index (χ0) is 16.1. The van der Waals surface area contributed by atoms with E-state index in [1.165, 1.54) is 11.1 Å². The van der Waals surface area contributed by atoms with E-state index in [0.717, 1.165) is 19.3 Å². The fourth-order valence-corrected chi connectivity index (χ4v) is 3.54. The van der Waals surface area contributed by atoms with Crippen LogP contribution in [0.25, 0.3) is 0 Å². The molecule has 4 nitrogen and oxygen atoms in total. The van der Waals surface area contributed by atoms with Crippen LogP contribution < -0.4 is 4.74 Å². The lowest BCUT2D eigenvalue weighted by Gasteiger charge is -2.30. The Labute approximate surface area is 132 Å². The molecule has 1 aromatic carbocycles. The molecule has 1 fully saturated rings. The molecule has 3 rings (SSSR count). The van der Waals surface area contributed by atoms with Crippen molar-refractivity contribution >= 4 is 5.91 Å². The van der Waals surface area contributed by atoms with Crippen molar-refractivity contribution in [1.29, 1.82) is 0 Å². The molecular formula is C18H25NO3. The number of aryl methyl sites for hydroxylation is 2. The van der Waals surface area contributed by atoms with Crippen molar-refractivity contribution in [3.63, 3.8) is 0 Å². The zero-order valence-electron chi connectivity index (χ0n) is 13.9. The first-order valence-electron chi connectivity index (χ1n) is 7.97. The Kier molecular flexibility index (Phi) is 3.48. The average molecular weight is 303 g/mol. The second-order valence-electron chi connectivity index (χ2n) is 7.49. The van der Waals surface area contributed by atoms with Gasteiger partial charge in [0.25, 0.3) is 5.91 Å². The summed E-state index contributed by atoms with van der Waals surface area (Å²) in [6.07, 6.45) is 3.23. The molecule has 0 saturated carbocycles. The fourth-order valence-electron chi connectivity index (χ4n) is 3.54. The predicted octanol–water partition coefficient (Wildman–Crippen LogP) is 2.42. The van der Waals surface area contributed by atoms with Crippen molar-refractivity contribution in [3.05, 3.63) is 28.8 Å². The number of carbonyl (C=O) groups is 1. The lowest BCUT2D eigenvalue weighted by Crippen LogP contribution is -2.40. The second kappa shape index (κ2) is 4.98. The number of methoxy groups -OCH3 is 1. The van der Waals surface area contributed by atoms with Crippen LogP contribution in [0.3, 0.4) is 0 Å². The third kappa shape index (κ3) is 2.30. The van der Waals surface area contributed by atoms with Gasteiger partial charge in [0.2, 0.25) is 0 Å². The summed E-state index contributed by atoms with van der Waals surface area (Å²) in [6, 6.07) is 4.00. The molecule has 1 atom stereocenters. The quantitative estimate of drug-likeness (QED) is 0.913. The highest BCUT2D eigenvalue weighted by Gasteiger charge is 2.49. The molecule has 1 heterocycles. The minimum absolute atomic E-state index is 0.0441. The van der Waals surface area contributed by atoms with E-state index in [4.69, 9.17) is 4.74 Å². The highest BCUT2D eigenvalue weighted by Crippen LogP contribution is 2.40. The summed E-state index contributed by atoms with van der Waals surface area (Å²) in [6.45, 7) is 6.72. The fraction of sp³-hybridized carbons (Fsp3) is 0.611. The number of likely N-dealkylation sites (tertiary alicyclic amines) is 1. The van der Waals surface area contributed by atoms with Crippen LogP contribution in [-0.2, 0) is 12.8 Å². The Balaban J connectivity index is 1.93. The van der Waals surface area contributed by atoms with Gasteiger partial charge in [-0.05, 0) is 49.4 Å². The minimum atomic E-state index is -0.868. The monoisotopic (exact) mass is 303 g/mol. The van der Waals surface area contributed by atoms with Crippen molar-refractivity contribution in [2.45, 2.75) is 45.6 Å². The van der Waals surface area contributed by atoms with Crippen LogP contribution in [0.4, 0.5) is 0 Å². The van der Waals surface area contributed by atoms with Gasteiger partial charge >= 0.3 is 0 Å². The van der Waals surface area contributed by atoms with E-state index >= 15 is 0 Å². The van der Waals surface area contributed by atoms with E-state index < -0.39 is 5.60 Å². The number of amides is 1. The Hall–Kier alpha value is -1.55. The molecule has 0 unspecified atom stereocenters. The first kappa shape index (κ1) is 15.3. The molecular weight excluding hydrogens is 278 g/mol.